The fraction of sp³-hybridized carbons (Fsp3) is 0.312. The Morgan fingerprint density at radius 3 is 2.70 bits per heavy atom. The first kappa shape index (κ1) is 17.1. The first-order chi connectivity index (χ1) is 11.1. The molecule has 0 saturated heterocycles. The first-order valence-electron chi connectivity index (χ1n) is 7.08. The molecule has 1 aromatic carbocycles. The van der Waals surface area contributed by atoms with Crippen LogP contribution in [0.25, 0.3) is 0 Å². The predicted molar refractivity (Wildman–Crippen MR) is 86.8 cm³/mol. The highest BCUT2D eigenvalue weighted by molar-refractivity contribution is 7.09. The minimum absolute atomic E-state index is 0.215. The zero-order valence-corrected chi connectivity index (χ0v) is 13.6. The lowest BCUT2D eigenvalue weighted by Crippen LogP contribution is -2.38. The van der Waals surface area contributed by atoms with E-state index < -0.39 is 5.97 Å². The molecule has 122 valence electrons. The van der Waals surface area contributed by atoms with E-state index in [-0.39, 0.29) is 31.3 Å². The Balaban J connectivity index is 2.07. The number of carboxylic acid groups (broad SMARTS) is 1. The Labute approximate surface area is 138 Å². The van der Waals surface area contributed by atoms with Crippen molar-refractivity contribution in [2.75, 3.05) is 26.8 Å². The third kappa shape index (κ3) is 5.15. The smallest absolute Gasteiger partial charge is 0.323 e. The number of amides is 1. The van der Waals surface area contributed by atoms with Crippen LogP contribution in [0.1, 0.15) is 21.1 Å². The second-order valence-electron chi connectivity index (χ2n) is 4.90. The lowest BCUT2D eigenvalue weighted by Gasteiger charge is -2.18. The molecule has 0 saturated carbocycles. The molecule has 0 spiro atoms. The standard InChI is InChI=1S/C16H18N2O4S/c1-22-8-7-18(10-15(19)20)16(21)13-11-23-14(17-13)9-12-5-3-2-4-6-12/h2-6,11H,7-10H2,1H3,(H,19,20). The molecule has 1 heterocycles. The molecule has 6 nitrogen and oxygen atoms in total. The molecule has 0 aliphatic rings. The molecule has 2 rings (SSSR count). The van der Waals surface area contributed by atoms with Gasteiger partial charge in [-0.2, -0.15) is 0 Å². The van der Waals surface area contributed by atoms with Gasteiger partial charge in [-0.3, -0.25) is 9.59 Å². The predicted octanol–water partition coefficient (Wildman–Crippen LogP) is 1.91. The van der Waals surface area contributed by atoms with Crippen LogP contribution in [0.5, 0.6) is 0 Å². The molecule has 23 heavy (non-hydrogen) atoms. The average Bonchev–Trinajstić information content (AvgIpc) is 3.00. The zero-order chi connectivity index (χ0) is 16.7. The number of carboxylic acids is 1. The Hall–Kier alpha value is -2.25. The fourth-order valence-corrected chi connectivity index (χ4v) is 2.84. The molecule has 0 unspecified atom stereocenters. The third-order valence-corrected chi connectivity index (χ3v) is 4.00. The van der Waals surface area contributed by atoms with E-state index in [9.17, 15) is 9.59 Å². The van der Waals surface area contributed by atoms with E-state index in [0.717, 1.165) is 10.6 Å². The van der Waals surface area contributed by atoms with Gasteiger partial charge in [-0.05, 0) is 5.56 Å². The van der Waals surface area contributed by atoms with Gasteiger partial charge >= 0.3 is 5.97 Å². The summed E-state index contributed by atoms with van der Waals surface area (Å²) in [6.45, 7) is 0.126. The molecule has 0 bridgehead atoms. The van der Waals surface area contributed by atoms with Crippen LogP contribution < -0.4 is 0 Å². The Bertz CT molecular complexity index is 657. The van der Waals surface area contributed by atoms with E-state index in [4.69, 9.17) is 9.84 Å². The number of benzene rings is 1. The summed E-state index contributed by atoms with van der Waals surface area (Å²) in [6.07, 6.45) is 0.649. The summed E-state index contributed by atoms with van der Waals surface area (Å²) >= 11 is 1.40. The molecule has 7 heteroatoms. The second kappa shape index (κ2) is 8.40. The molecule has 2 aromatic rings. The summed E-state index contributed by atoms with van der Waals surface area (Å²) in [6, 6.07) is 9.85. The number of hydrogen-bond donors (Lipinski definition) is 1. The minimum atomic E-state index is -1.06. The van der Waals surface area contributed by atoms with Crippen molar-refractivity contribution in [1.29, 1.82) is 0 Å². The quantitative estimate of drug-likeness (QED) is 0.798. The molecule has 1 aromatic heterocycles. The topological polar surface area (TPSA) is 79.7 Å². The van der Waals surface area contributed by atoms with Gasteiger partial charge in [0.2, 0.25) is 0 Å². The summed E-state index contributed by atoms with van der Waals surface area (Å²) in [5, 5.41) is 11.4. The number of methoxy groups -OCH3 is 1. The molecule has 0 radical (unpaired) electrons. The van der Waals surface area contributed by atoms with E-state index in [1.165, 1.54) is 23.3 Å². The maximum Gasteiger partial charge on any atom is 0.323 e. The van der Waals surface area contributed by atoms with E-state index in [1.54, 1.807) is 5.38 Å². The summed E-state index contributed by atoms with van der Waals surface area (Å²) in [7, 11) is 1.50. The summed E-state index contributed by atoms with van der Waals surface area (Å²) in [5.74, 6) is -1.45. The van der Waals surface area contributed by atoms with Gasteiger partial charge < -0.3 is 14.7 Å². The van der Waals surface area contributed by atoms with Crippen molar-refractivity contribution in [2.24, 2.45) is 0 Å². The van der Waals surface area contributed by atoms with Gasteiger partial charge in [0.1, 0.15) is 12.2 Å². The van der Waals surface area contributed by atoms with E-state index in [2.05, 4.69) is 4.98 Å². The van der Waals surface area contributed by atoms with Crippen LogP contribution in [-0.4, -0.2) is 53.7 Å². The van der Waals surface area contributed by atoms with Gasteiger partial charge in [-0.1, -0.05) is 30.3 Å². The maximum absolute atomic E-state index is 12.4. The van der Waals surface area contributed by atoms with Gasteiger partial charge in [0.15, 0.2) is 0 Å². The molecule has 0 aliphatic carbocycles. The van der Waals surface area contributed by atoms with E-state index >= 15 is 0 Å². The van der Waals surface area contributed by atoms with Gasteiger partial charge in [0, 0.05) is 25.5 Å². The van der Waals surface area contributed by atoms with Crippen LogP contribution in [-0.2, 0) is 16.0 Å². The molecule has 1 amide bonds. The SMILES string of the molecule is COCCN(CC(=O)O)C(=O)c1csc(Cc2ccccc2)n1. The van der Waals surface area contributed by atoms with E-state index in [1.807, 2.05) is 30.3 Å². The summed E-state index contributed by atoms with van der Waals surface area (Å²) in [5.41, 5.74) is 1.39. The number of carbonyl (C=O) groups excluding carboxylic acids is 1. The number of hydrogen-bond acceptors (Lipinski definition) is 5. The molecule has 0 atom stereocenters. The number of nitrogens with zero attached hydrogens (tertiary/aromatic N) is 2. The number of aliphatic carboxylic acids is 1. The molecule has 0 aliphatic heterocycles. The van der Waals surface area contributed by atoms with Gasteiger partial charge in [-0.25, -0.2) is 4.98 Å². The average molecular weight is 334 g/mol. The monoisotopic (exact) mass is 334 g/mol. The highest BCUT2D eigenvalue weighted by atomic mass is 32.1. The van der Waals surface area contributed by atoms with Crippen molar-refractivity contribution in [2.45, 2.75) is 6.42 Å². The van der Waals surface area contributed by atoms with Crippen molar-refractivity contribution in [3.05, 3.63) is 52.0 Å². The Kier molecular flexibility index (Phi) is 6.25. The van der Waals surface area contributed by atoms with E-state index in [0.29, 0.717) is 6.42 Å². The van der Waals surface area contributed by atoms with Crippen LogP contribution in [0.15, 0.2) is 35.7 Å². The van der Waals surface area contributed by atoms with Crippen LogP contribution in [0, 0.1) is 0 Å². The van der Waals surface area contributed by atoms with Crippen molar-refractivity contribution in [3.8, 4) is 0 Å². The molecule has 0 fully saturated rings. The highest BCUT2D eigenvalue weighted by Crippen LogP contribution is 2.16. The van der Waals surface area contributed by atoms with Gasteiger partial charge in [-0.15, -0.1) is 11.3 Å². The summed E-state index contributed by atoms with van der Waals surface area (Å²) in [4.78, 5) is 28.9. The van der Waals surface area contributed by atoms with Crippen LogP contribution in [0.4, 0.5) is 0 Å². The third-order valence-electron chi connectivity index (χ3n) is 3.15. The van der Waals surface area contributed by atoms with Crippen molar-refractivity contribution in [3.63, 3.8) is 0 Å². The maximum atomic E-state index is 12.4. The van der Waals surface area contributed by atoms with Gasteiger partial charge in [0.05, 0.1) is 11.6 Å². The zero-order valence-electron chi connectivity index (χ0n) is 12.8. The number of aromatic nitrogens is 1. The minimum Gasteiger partial charge on any atom is -0.480 e. The first-order valence-corrected chi connectivity index (χ1v) is 7.96. The number of thiazole rings is 1. The van der Waals surface area contributed by atoms with Crippen molar-refractivity contribution >= 4 is 23.2 Å². The fourth-order valence-electron chi connectivity index (χ4n) is 2.04. The normalized spacial score (nSPS) is 10.5. The molecular formula is C16H18N2O4S. The lowest BCUT2D eigenvalue weighted by molar-refractivity contribution is -0.137. The van der Waals surface area contributed by atoms with Crippen molar-refractivity contribution in [1.82, 2.24) is 9.88 Å². The number of carbonyl (C=O) groups is 2. The van der Waals surface area contributed by atoms with Gasteiger partial charge in [0.25, 0.3) is 5.91 Å². The van der Waals surface area contributed by atoms with Crippen LogP contribution in [0.2, 0.25) is 0 Å². The number of ether oxygens (including phenoxy) is 1. The lowest BCUT2D eigenvalue weighted by atomic mass is 10.2. The number of rotatable bonds is 8. The summed E-state index contributed by atoms with van der Waals surface area (Å²) < 4.78 is 4.92. The largest absolute Gasteiger partial charge is 0.480 e. The second-order valence-corrected chi connectivity index (χ2v) is 5.84. The van der Waals surface area contributed by atoms with Crippen LogP contribution >= 0.6 is 11.3 Å². The molecular weight excluding hydrogens is 316 g/mol. The van der Waals surface area contributed by atoms with Crippen molar-refractivity contribution < 1.29 is 19.4 Å². The highest BCUT2D eigenvalue weighted by Gasteiger charge is 2.20. The Morgan fingerprint density at radius 1 is 1.30 bits per heavy atom. The Morgan fingerprint density at radius 2 is 2.04 bits per heavy atom. The van der Waals surface area contributed by atoms with Crippen LogP contribution in [0.3, 0.4) is 0 Å². The molecule has 1 N–H and O–H groups in total.